The van der Waals surface area contributed by atoms with Gasteiger partial charge in [-0.05, 0) is 55.7 Å². The minimum absolute atomic E-state index is 0.0966. The number of carbonyl (C=O) groups excluding carboxylic acids is 1. The first-order chi connectivity index (χ1) is 11.5. The Labute approximate surface area is 142 Å². The molecule has 2 N–H and O–H groups in total. The number of halogens is 1. The lowest BCUT2D eigenvalue weighted by Gasteiger charge is -2.18. The first-order valence-electron chi connectivity index (χ1n) is 7.93. The summed E-state index contributed by atoms with van der Waals surface area (Å²) in [5.41, 5.74) is 2.86. The number of benzene rings is 2. The van der Waals surface area contributed by atoms with Gasteiger partial charge in [-0.2, -0.15) is 0 Å². The Morgan fingerprint density at radius 2 is 1.92 bits per heavy atom. The second-order valence-corrected chi connectivity index (χ2v) is 5.74. The topological polar surface area (TPSA) is 50.4 Å². The fraction of sp³-hybridized carbons (Fsp3) is 0.316. The average molecular weight is 330 g/mol. The molecule has 0 saturated carbocycles. The maximum absolute atomic E-state index is 12.9. The van der Waals surface area contributed by atoms with Crippen LogP contribution in [0.25, 0.3) is 0 Å². The number of ether oxygens (including phenoxy) is 1. The van der Waals surface area contributed by atoms with Crippen molar-refractivity contribution in [3.05, 3.63) is 59.4 Å². The van der Waals surface area contributed by atoms with E-state index in [0.717, 1.165) is 16.8 Å². The Morgan fingerprint density at radius 1 is 1.21 bits per heavy atom. The van der Waals surface area contributed by atoms with Crippen LogP contribution in [-0.4, -0.2) is 25.6 Å². The lowest BCUT2D eigenvalue weighted by Crippen LogP contribution is -2.38. The third kappa shape index (κ3) is 4.98. The minimum atomic E-state index is -0.395. The van der Waals surface area contributed by atoms with E-state index in [1.54, 1.807) is 26.2 Å². The molecule has 0 radical (unpaired) electrons. The first kappa shape index (κ1) is 17.8. The first-order valence-corrected chi connectivity index (χ1v) is 7.93. The predicted octanol–water partition coefficient (Wildman–Crippen LogP) is 3.30. The molecule has 0 heterocycles. The number of nitrogens with one attached hydrogen (secondary N) is 2. The number of methoxy groups -OCH3 is 1. The maximum atomic E-state index is 12.9. The highest BCUT2D eigenvalue weighted by molar-refractivity contribution is 5.84. The number of aryl methyl sites for hydroxylation is 1. The van der Waals surface area contributed by atoms with Crippen molar-refractivity contribution in [2.24, 2.45) is 0 Å². The molecule has 0 unspecified atom stereocenters. The van der Waals surface area contributed by atoms with Crippen LogP contribution in [0.1, 0.15) is 18.1 Å². The predicted molar refractivity (Wildman–Crippen MR) is 93.9 cm³/mol. The zero-order valence-corrected chi connectivity index (χ0v) is 14.2. The van der Waals surface area contributed by atoms with E-state index in [4.69, 9.17) is 4.74 Å². The molecule has 0 spiro atoms. The second-order valence-electron chi connectivity index (χ2n) is 5.74. The molecule has 1 amide bonds. The van der Waals surface area contributed by atoms with Crippen molar-refractivity contribution in [1.29, 1.82) is 0 Å². The summed E-state index contributed by atoms with van der Waals surface area (Å²) in [6.45, 7) is 4.29. The number of rotatable bonds is 7. The van der Waals surface area contributed by atoms with Gasteiger partial charge < -0.3 is 15.4 Å². The molecule has 0 aliphatic rings. The maximum Gasteiger partial charge on any atom is 0.242 e. The fourth-order valence-corrected chi connectivity index (χ4v) is 2.37. The fourth-order valence-electron chi connectivity index (χ4n) is 2.37. The molecule has 0 aliphatic carbocycles. The number of hydrogen-bond donors (Lipinski definition) is 2. The van der Waals surface area contributed by atoms with Gasteiger partial charge in [-0.15, -0.1) is 0 Å². The van der Waals surface area contributed by atoms with Gasteiger partial charge in [0.1, 0.15) is 17.6 Å². The summed E-state index contributed by atoms with van der Waals surface area (Å²) in [7, 11) is 1.60. The number of hydrogen-bond acceptors (Lipinski definition) is 3. The third-order valence-corrected chi connectivity index (χ3v) is 3.75. The van der Waals surface area contributed by atoms with Gasteiger partial charge in [0.15, 0.2) is 0 Å². The van der Waals surface area contributed by atoms with Crippen molar-refractivity contribution >= 4 is 11.6 Å². The standard InChI is InChI=1S/C19H23FN2O2/c1-13-4-9-18(24-3)17(12-13)22-14(2)19(23)21-11-10-15-5-7-16(20)8-6-15/h4-9,12,14,22H,10-11H2,1-3H3,(H,21,23)/t14-/m1/s1. The minimum Gasteiger partial charge on any atom is -0.495 e. The van der Waals surface area contributed by atoms with Crippen molar-refractivity contribution in [2.45, 2.75) is 26.3 Å². The molecule has 2 aromatic rings. The molecule has 0 saturated heterocycles. The van der Waals surface area contributed by atoms with Crippen LogP contribution >= 0.6 is 0 Å². The smallest absolute Gasteiger partial charge is 0.242 e. The van der Waals surface area contributed by atoms with Crippen LogP contribution in [0.4, 0.5) is 10.1 Å². The van der Waals surface area contributed by atoms with Gasteiger partial charge in [0, 0.05) is 6.54 Å². The van der Waals surface area contributed by atoms with Gasteiger partial charge in [0.25, 0.3) is 0 Å². The van der Waals surface area contributed by atoms with Crippen molar-refractivity contribution < 1.29 is 13.9 Å². The van der Waals surface area contributed by atoms with Gasteiger partial charge >= 0.3 is 0 Å². The Kier molecular flexibility index (Phi) is 6.18. The lowest BCUT2D eigenvalue weighted by molar-refractivity contribution is -0.121. The largest absolute Gasteiger partial charge is 0.495 e. The van der Waals surface area contributed by atoms with Gasteiger partial charge in [-0.25, -0.2) is 4.39 Å². The Bertz CT molecular complexity index is 686. The van der Waals surface area contributed by atoms with Crippen molar-refractivity contribution in [1.82, 2.24) is 5.32 Å². The highest BCUT2D eigenvalue weighted by Gasteiger charge is 2.14. The summed E-state index contributed by atoms with van der Waals surface area (Å²) in [6, 6.07) is 11.7. The summed E-state index contributed by atoms with van der Waals surface area (Å²) in [6.07, 6.45) is 0.659. The van der Waals surface area contributed by atoms with Gasteiger partial charge in [-0.3, -0.25) is 4.79 Å². The quantitative estimate of drug-likeness (QED) is 0.819. The van der Waals surface area contributed by atoms with Crippen molar-refractivity contribution in [2.75, 3.05) is 19.0 Å². The van der Waals surface area contributed by atoms with E-state index >= 15 is 0 Å². The van der Waals surface area contributed by atoms with Gasteiger partial charge in [0.05, 0.1) is 12.8 Å². The Hall–Kier alpha value is -2.56. The van der Waals surface area contributed by atoms with Crippen LogP contribution in [0.15, 0.2) is 42.5 Å². The Morgan fingerprint density at radius 3 is 2.58 bits per heavy atom. The van der Waals surface area contributed by atoms with Gasteiger partial charge in [0.2, 0.25) is 5.91 Å². The zero-order valence-electron chi connectivity index (χ0n) is 14.2. The SMILES string of the molecule is COc1ccc(C)cc1N[C@H](C)C(=O)NCCc1ccc(F)cc1. The van der Waals surface area contributed by atoms with E-state index in [0.29, 0.717) is 18.7 Å². The van der Waals surface area contributed by atoms with Crippen LogP contribution in [0.5, 0.6) is 5.75 Å². The van der Waals surface area contributed by atoms with Crippen LogP contribution < -0.4 is 15.4 Å². The van der Waals surface area contributed by atoms with E-state index in [9.17, 15) is 9.18 Å². The number of anilines is 1. The van der Waals surface area contributed by atoms with Gasteiger partial charge in [-0.1, -0.05) is 18.2 Å². The summed E-state index contributed by atoms with van der Waals surface area (Å²) in [5.74, 6) is 0.347. The van der Waals surface area contributed by atoms with Crippen molar-refractivity contribution in [3.8, 4) is 5.75 Å². The van der Waals surface area contributed by atoms with Crippen LogP contribution in [0.3, 0.4) is 0 Å². The molecule has 128 valence electrons. The highest BCUT2D eigenvalue weighted by Crippen LogP contribution is 2.25. The summed E-state index contributed by atoms with van der Waals surface area (Å²) in [5, 5.41) is 6.05. The molecule has 0 aliphatic heterocycles. The molecule has 24 heavy (non-hydrogen) atoms. The molecule has 0 bridgehead atoms. The summed E-state index contributed by atoms with van der Waals surface area (Å²) in [4.78, 5) is 12.2. The molecular formula is C19H23FN2O2. The summed E-state index contributed by atoms with van der Waals surface area (Å²) < 4.78 is 18.2. The second kappa shape index (κ2) is 8.34. The van der Waals surface area contributed by atoms with E-state index < -0.39 is 6.04 Å². The van der Waals surface area contributed by atoms with Crippen molar-refractivity contribution in [3.63, 3.8) is 0 Å². The molecule has 1 atom stereocenters. The number of carbonyl (C=O) groups is 1. The highest BCUT2D eigenvalue weighted by atomic mass is 19.1. The van der Waals surface area contributed by atoms with Crippen LogP contribution in [0.2, 0.25) is 0 Å². The molecule has 0 aromatic heterocycles. The molecule has 4 nitrogen and oxygen atoms in total. The number of amides is 1. The van der Waals surface area contributed by atoms with Crippen LogP contribution in [-0.2, 0) is 11.2 Å². The van der Waals surface area contributed by atoms with E-state index in [1.807, 2.05) is 25.1 Å². The molecule has 5 heteroatoms. The lowest BCUT2D eigenvalue weighted by atomic mass is 10.1. The average Bonchev–Trinajstić information content (AvgIpc) is 2.56. The third-order valence-electron chi connectivity index (χ3n) is 3.75. The van der Waals surface area contributed by atoms with E-state index in [2.05, 4.69) is 10.6 Å². The van der Waals surface area contributed by atoms with Crippen LogP contribution in [0, 0.1) is 12.7 Å². The zero-order chi connectivity index (χ0) is 17.5. The molecular weight excluding hydrogens is 307 g/mol. The molecule has 2 aromatic carbocycles. The van der Waals surface area contributed by atoms with E-state index in [1.165, 1.54) is 12.1 Å². The molecule has 0 fully saturated rings. The normalized spacial score (nSPS) is 11.7. The Balaban J connectivity index is 1.86. The van der Waals surface area contributed by atoms with E-state index in [-0.39, 0.29) is 11.7 Å². The summed E-state index contributed by atoms with van der Waals surface area (Å²) >= 11 is 0. The molecule has 2 rings (SSSR count). The monoisotopic (exact) mass is 330 g/mol.